The van der Waals surface area contributed by atoms with E-state index in [4.69, 9.17) is 15.1 Å². The van der Waals surface area contributed by atoms with E-state index in [1.54, 1.807) is 6.92 Å². The van der Waals surface area contributed by atoms with Crippen molar-refractivity contribution in [1.82, 2.24) is 42.3 Å². The molecule has 1 rings (SSSR count). The summed E-state index contributed by atoms with van der Waals surface area (Å²) in [5.74, 6) is -3.93. The molecule has 56 heavy (non-hydrogen) atoms. The molecule has 1 aliphatic heterocycles. The fraction of sp³-hybridized carbons (Fsp3) is 0.778. The van der Waals surface area contributed by atoms with Crippen molar-refractivity contribution in [3.8, 4) is 0 Å². The van der Waals surface area contributed by atoms with Gasteiger partial charge in [0.25, 0.3) is 0 Å². The van der Waals surface area contributed by atoms with E-state index >= 15 is 0 Å². The maximum atomic E-state index is 13.6. The molecule has 0 aliphatic carbocycles. The molecule has 20 heteroatoms. The van der Waals surface area contributed by atoms with Gasteiger partial charge in [0, 0.05) is 58.9 Å². The minimum atomic E-state index is -1.22. The van der Waals surface area contributed by atoms with E-state index in [0.717, 1.165) is 0 Å². The largest absolute Gasteiger partial charge is 0.480 e. The number of amides is 7. The number of carboxylic acids is 1. The molecule has 0 radical (unpaired) electrons. The maximum Gasteiger partial charge on any atom is 0.326 e. The fourth-order valence-electron chi connectivity index (χ4n) is 5.95. The van der Waals surface area contributed by atoms with Crippen LogP contribution in [0.2, 0.25) is 0 Å². The highest BCUT2D eigenvalue weighted by molar-refractivity contribution is 5.92. The molecule has 10 N–H and O–H groups in total. The van der Waals surface area contributed by atoms with Gasteiger partial charge in [-0.25, -0.2) is 4.79 Å². The van der Waals surface area contributed by atoms with E-state index in [1.165, 1.54) is 11.8 Å². The third kappa shape index (κ3) is 21.6. The molecule has 0 aromatic heterocycles. The highest BCUT2D eigenvalue weighted by atomic mass is 16.6. The number of likely N-dealkylation sites (tertiary alicyclic amines) is 1. The lowest BCUT2D eigenvalue weighted by molar-refractivity contribution is -0.149. The molecule has 0 spiro atoms. The third-order valence-electron chi connectivity index (χ3n) is 8.87. The Balaban J connectivity index is 2.46. The number of hydroxylamine groups is 1. The van der Waals surface area contributed by atoms with Gasteiger partial charge in [-0.15, -0.1) is 0 Å². The Hall–Kier alpha value is -4.40. The molecule has 0 saturated carbocycles. The Labute approximate surface area is 328 Å². The molecule has 1 fully saturated rings. The van der Waals surface area contributed by atoms with Gasteiger partial charge in [-0.2, -0.15) is 5.48 Å². The Morgan fingerprint density at radius 1 is 0.679 bits per heavy atom. The average molecular weight is 801 g/mol. The Morgan fingerprint density at radius 3 is 1.88 bits per heavy atom. The number of carboxylic acid groups (broad SMARTS) is 1. The quantitative estimate of drug-likeness (QED) is 0.0281. The average Bonchev–Trinajstić information content (AvgIpc) is 3.17. The summed E-state index contributed by atoms with van der Waals surface area (Å²) in [4.78, 5) is 106. The standard InChI is InChI=1S/C36H64N8O12/c1-3-56-43-27(15-17-32(50)39-21-24-46)35(53)44-22-10-7-12-29(44)34(52)42-28(36(54)55)11-6-9-18-37-30(48)13-5-4-8-19-40-33(51)26(41-25(2)47)14-16-31(49)38-20-23-45/h26-29,43,45-46H,3-24H2,1-2H3,(H,37,48)(H,38,49)(H,39,50)(H,40,51)(H,41,47)(H,42,52)(H,54,55). The van der Waals surface area contributed by atoms with Gasteiger partial charge in [0.15, 0.2) is 0 Å². The Kier molecular flexibility index (Phi) is 26.4. The van der Waals surface area contributed by atoms with Gasteiger partial charge in [0.2, 0.25) is 41.4 Å². The van der Waals surface area contributed by atoms with Crippen LogP contribution in [0, 0.1) is 0 Å². The topological polar surface area (TPSA) is 294 Å². The number of carbonyl (C=O) groups is 8. The van der Waals surface area contributed by atoms with Gasteiger partial charge in [-0.05, 0) is 71.1 Å². The van der Waals surface area contributed by atoms with Crippen LogP contribution in [0.5, 0.6) is 0 Å². The summed E-state index contributed by atoms with van der Waals surface area (Å²) in [6, 6.07) is -3.90. The lowest BCUT2D eigenvalue weighted by Crippen LogP contribution is -2.58. The molecule has 320 valence electrons. The van der Waals surface area contributed by atoms with Crippen LogP contribution in [0.25, 0.3) is 0 Å². The van der Waals surface area contributed by atoms with Crippen molar-refractivity contribution < 1.29 is 58.5 Å². The molecule has 4 atom stereocenters. The molecule has 1 heterocycles. The van der Waals surface area contributed by atoms with Crippen molar-refractivity contribution in [3.05, 3.63) is 0 Å². The lowest BCUT2D eigenvalue weighted by Gasteiger charge is -2.37. The third-order valence-corrected chi connectivity index (χ3v) is 8.87. The molecule has 0 aromatic carbocycles. The summed E-state index contributed by atoms with van der Waals surface area (Å²) in [5.41, 5.74) is 2.67. The van der Waals surface area contributed by atoms with Crippen LogP contribution in [0.1, 0.15) is 104 Å². The highest BCUT2D eigenvalue weighted by Crippen LogP contribution is 2.20. The first-order valence-corrected chi connectivity index (χ1v) is 19.6. The number of hydrogen-bond acceptors (Lipinski definition) is 12. The van der Waals surface area contributed by atoms with Gasteiger partial charge in [0.1, 0.15) is 24.2 Å². The van der Waals surface area contributed by atoms with Crippen LogP contribution in [0.15, 0.2) is 0 Å². The molecule has 0 aromatic rings. The number of rotatable bonds is 30. The molecule has 7 amide bonds. The normalized spacial score (nSPS) is 15.4. The second kappa shape index (κ2) is 29.8. The van der Waals surface area contributed by atoms with E-state index in [9.17, 15) is 43.5 Å². The van der Waals surface area contributed by atoms with Crippen LogP contribution >= 0.6 is 0 Å². The fourth-order valence-corrected chi connectivity index (χ4v) is 5.95. The number of aliphatic hydroxyl groups excluding tert-OH is 2. The van der Waals surface area contributed by atoms with Crippen LogP contribution < -0.4 is 37.4 Å². The predicted molar refractivity (Wildman–Crippen MR) is 202 cm³/mol. The zero-order valence-corrected chi connectivity index (χ0v) is 32.8. The SMILES string of the molecule is CCONC(CCC(=O)NCCO)C(=O)N1CCCCC1C(=O)NC(CCCCNC(=O)CCCCCNC(=O)C(CCC(=O)NCCO)NC(C)=O)C(=O)O. The number of hydrogen-bond donors (Lipinski definition) is 10. The number of aliphatic carboxylic acids is 1. The summed E-state index contributed by atoms with van der Waals surface area (Å²) in [6.45, 7) is 3.93. The number of nitrogens with zero attached hydrogens (tertiary/aromatic N) is 1. The Bertz CT molecular complexity index is 1260. The molecule has 1 aliphatic rings. The molecule has 20 nitrogen and oxygen atoms in total. The van der Waals surface area contributed by atoms with Gasteiger partial charge in [-0.1, -0.05) is 6.42 Å². The van der Waals surface area contributed by atoms with Crippen LogP contribution in [-0.4, -0.2) is 144 Å². The van der Waals surface area contributed by atoms with Crippen molar-refractivity contribution >= 4 is 47.3 Å². The number of unbranched alkanes of at least 4 members (excludes halogenated alkanes) is 3. The van der Waals surface area contributed by atoms with Crippen LogP contribution in [-0.2, 0) is 43.2 Å². The van der Waals surface area contributed by atoms with Gasteiger partial charge in [-0.3, -0.25) is 33.6 Å². The first kappa shape index (κ1) is 49.6. The molecule has 1 saturated heterocycles. The summed E-state index contributed by atoms with van der Waals surface area (Å²) in [5, 5.41) is 43.2. The zero-order valence-electron chi connectivity index (χ0n) is 32.8. The molecular weight excluding hydrogens is 736 g/mol. The number of carbonyl (C=O) groups excluding carboxylic acids is 7. The van der Waals surface area contributed by atoms with Crippen molar-refractivity contribution in [2.75, 3.05) is 52.5 Å². The summed E-state index contributed by atoms with van der Waals surface area (Å²) < 4.78 is 0. The molecular formula is C36H64N8O12. The molecule has 0 bridgehead atoms. The lowest BCUT2D eigenvalue weighted by atomic mass is 9.98. The zero-order chi connectivity index (χ0) is 41.7. The number of aliphatic hydroxyl groups is 2. The van der Waals surface area contributed by atoms with E-state index < -0.39 is 53.8 Å². The van der Waals surface area contributed by atoms with Crippen molar-refractivity contribution in [1.29, 1.82) is 0 Å². The van der Waals surface area contributed by atoms with Crippen LogP contribution in [0.4, 0.5) is 0 Å². The first-order valence-electron chi connectivity index (χ1n) is 19.6. The van der Waals surface area contributed by atoms with Crippen molar-refractivity contribution in [2.24, 2.45) is 0 Å². The van der Waals surface area contributed by atoms with E-state index in [0.29, 0.717) is 64.5 Å². The number of nitrogens with one attached hydrogen (secondary N) is 7. The van der Waals surface area contributed by atoms with E-state index in [1.807, 2.05) is 0 Å². The van der Waals surface area contributed by atoms with E-state index in [2.05, 4.69) is 37.4 Å². The minimum absolute atomic E-state index is 0.000998. The van der Waals surface area contributed by atoms with Gasteiger partial charge < -0.3 is 57.0 Å². The van der Waals surface area contributed by atoms with Crippen molar-refractivity contribution in [2.45, 2.75) is 128 Å². The predicted octanol–water partition coefficient (Wildman–Crippen LogP) is -1.91. The maximum absolute atomic E-state index is 13.6. The van der Waals surface area contributed by atoms with Gasteiger partial charge in [0.05, 0.1) is 19.8 Å². The van der Waals surface area contributed by atoms with Crippen LogP contribution in [0.3, 0.4) is 0 Å². The van der Waals surface area contributed by atoms with Crippen molar-refractivity contribution in [3.63, 3.8) is 0 Å². The smallest absolute Gasteiger partial charge is 0.326 e. The second-order valence-corrected chi connectivity index (χ2v) is 13.5. The van der Waals surface area contributed by atoms with Gasteiger partial charge >= 0.3 is 5.97 Å². The summed E-state index contributed by atoms with van der Waals surface area (Å²) >= 11 is 0. The minimum Gasteiger partial charge on any atom is -0.480 e. The van der Waals surface area contributed by atoms with E-state index in [-0.39, 0.29) is 95.7 Å². The summed E-state index contributed by atoms with van der Waals surface area (Å²) in [7, 11) is 0. The highest BCUT2D eigenvalue weighted by Gasteiger charge is 2.37. The summed E-state index contributed by atoms with van der Waals surface area (Å²) in [6.07, 6.45) is 4.87. The molecule has 4 unspecified atom stereocenters. The second-order valence-electron chi connectivity index (χ2n) is 13.5. The Morgan fingerprint density at radius 2 is 1.27 bits per heavy atom. The first-order chi connectivity index (χ1) is 26.8. The monoisotopic (exact) mass is 800 g/mol. The number of piperidine rings is 1.